The molecule has 0 bridgehead atoms. The molecule has 10 heavy (non-hydrogen) atoms. The molecule has 0 saturated heterocycles. The van der Waals surface area contributed by atoms with E-state index in [9.17, 15) is 0 Å². The number of rotatable bonds is 2. The van der Waals surface area contributed by atoms with E-state index < -0.39 is 0 Å². The first-order valence-corrected chi connectivity index (χ1v) is 3.36. The van der Waals surface area contributed by atoms with Crippen molar-refractivity contribution < 1.29 is 0 Å². The summed E-state index contributed by atoms with van der Waals surface area (Å²) in [5.74, 6) is 0.787. The fourth-order valence-corrected chi connectivity index (χ4v) is 0.334. The van der Waals surface area contributed by atoms with Crippen molar-refractivity contribution >= 4 is 12.1 Å². The average Bonchev–Trinajstić information content (AvgIpc) is 1.99. The zero-order chi connectivity index (χ0) is 7.98. The van der Waals surface area contributed by atoms with Gasteiger partial charge in [0.25, 0.3) is 0 Å². The molecule has 2 nitrogen and oxygen atoms in total. The molecule has 0 aromatic rings. The summed E-state index contributed by atoms with van der Waals surface area (Å²) in [4.78, 5) is 7.91. The molecule has 0 fully saturated rings. The van der Waals surface area contributed by atoms with Crippen LogP contribution in [0.3, 0.4) is 0 Å². The van der Waals surface area contributed by atoms with Crippen molar-refractivity contribution in [2.45, 2.75) is 20.3 Å². The highest BCUT2D eigenvalue weighted by Crippen LogP contribution is 1.91. The standard InChI is InChI=1S/C8H14N2/c1-5-7(2)6-10-8(3)9-4/h6H,2,5H2,1,3-4H3/b9-8-,10-6-. The molecule has 0 N–H and O–H groups in total. The van der Waals surface area contributed by atoms with Crippen LogP contribution in [0.4, 0.5) is 0 Å². The largest absolute Gasteiger partial charge is 0.274 e. The highest BCUT2D eigenvalue weighted by Gasteiger charge is 1.82. The molecule has 0 rings (SSSR count). The van der Waals surface area contributed by atoms with E-state index in [-0.39, 0.29) is 0 Å². The molecule has 0 aliphatic carbocycles. The van der Waals surface area contributed by atoms with Gasteiger partial charge < -0.3 is 0 Å². The van der Waals surface area contributed by atoms with Gasteiger partial charge in [0.2, 0.25) is 0 Å². The predicted molar refractivity (Wildman–Crippen MR) is 47.0 cm³/mol. The molecular formula is C8H14N2. The predicted octanol–water partition coefficient (Wildman–Crippen LogP) is 2.07. The second-order valence-corrected chi connectivity index (χ2v) is 2.04. The van der Waals surface area contributed by atoms with Crippen molar-refractivity contribution in [3.63, 3.8) is 0 Å². The molecule has 0 spiro atoms. The molecule has 0 saturated carbocycles. The lowest BCUT2D eigenvalue weighted by molar-refractivity contribution is 1.19. The zero-order valence-electron chi connectivity index (χ0n) is 6.89. The van der Waals surface area contributed by atoms with Crippen LogP contribution in [-0.2, 0) is 0 Å². The molecule has 0 aromatic carbocycles. The summed E-state index contributed by atoms with van der Waals surface area (Å²) in [7, 11) is 1.72. The molecule has 0 unspecified atom stereocenters. The number of hydrogen-bond acceptors (Lipinski definition) is 1. The maximum Gasteiger partial charge on any atom is 0.119 e. The van der Waals surface area contributed by atoms with Gasteiger partial charge in [-0.3, -0.25) is 4.99 Å². The summed E-state index contributed by atoms with van der Waals surface area (Å²) in [5, 5.41) is 0. The van der Waals surface area contributed by atoms with Crippen molar-refractivity contribution in [2.75, 3.05) is 7.05 Å². The van der Waals surface area contributed by atoms with E-state index >= 15 is 0 Å². The smallest absolute Gasteiger partial charge is 0.119 e. The number of aliphatic imine (C=N–C) groups is 2. The molecule has 0 aromatic heterocycles. The van der Waals surface area contributed by atoms with E-state index in [0.29, 0.717) is 0 Å². The van der Waals surface area contributed by atoms with Crippen LogP contribution in [0.25, 0.3) is 0 Å². The summed E-state index contributed by atoms with van der Waals surface area (Å²) in [6.07, 6.45) is 2.70. The minimum atomic E-state index is 0.787. The highest BCUT2D eigenvalue weighted by molar-refractivity contribution is 5.92. The lowest BCUT2D eigenvalue weighted by Gasteiger charge is -1.90. The Labute approximate surface area is 62.4 Å². The van der Waals surface area contributed by atoms with Gasteiger partial charge >= 0.3 is 0 Å². The Hall–Kier alpha value is -0.920. The average molecular weight is 138 g/mol. The Balaban J connectivity index is 3.88. The van der Waals surface area contributed by atoms with Crippen LogP contribution < -0.4 is 0 Å². The van der Waals surface area contributed by atoms with Gasteiger partial charge in [0, 0.05) is 13.3 Å². The second-order valence-electron chi connectivity index (χ2n) is 2.04. The molecule has 0 aliphatic rings. The van der Waals surface area contributed by atoms with E-state index in [0.717, 1.165) is 17.8 Å². The van der Waals surface area contributed by atoms with Crippen molar-refractivity contribution in [1.29, 1.82) is 0 Å². The Morgan fingerprint density at radius 3 is 2.60 bits per heavy atom. The third-order valence-corrected chi connectivity index (χ3v) is 1.21. The lowest BCUT2D eigenvalue weighted by Crippen LogP contribution is -1.87. The molecule has 2 heteroatoms. The Kier molecular flexibility index (Phi) is 4.46. The van der Waals surface area contributed by atoms with Gasteiger partial charge in [0.05, 0.1) is 0 Å². The van der Waals surface area contributed by atoms with Crippen molar-refractivity contribution in [1.82, 2.24) is 0 Å². The van der Waals surface area contributed by atoms with Crippen LogP contribution in [0.2, 0.25) is 0 Å². The summed E-state index contributed by atoms with van der Waals surface area (Å²) < 4.78 is 0. The first kappa shape index (κ1) is 9.08. The van der Waals surface area contributed by atoms with Gasteiger partial charge in [-0.15, -0.1) is 0 Å². The number of allylic oxidation sites excluding steroid dienone is 1. The SMILES string of the molecule is C=C(/C=N\C(C)=N/C)CC. The summed E-state index contributed by atoms with van der Waals surface area (Å²) in [6, 6.07) is 0. The van der Waals surface area contributed by atoms with Gasteiger partial charge in [-0.05, 0) is 18.9 Å². The van der Waals surface area contributed by atoms with Crippen LogP contribution in [-0.4, -0.2) is 19.1 Å². The van der Waals surface area contributed by atoms with Crippen molar-refractivity contribution in [3.8, 4) is 0 Å². The van der Waals surface area contributed by atoms with Crippen LogP contribution in [0.15, 0.2) is 22.1 Å². The van der Waals surface area contributed by atoms with Crippen molar-refractivity contribution in [3.05, 3.63) is 12.2 Å². The van der Waals surface area contributed by atoms with Gasteiger partial charge in [-0.2, -0.15) is 0 Å². The lowest BCUT2D eigenvalue weighted by atomic mass is 10.3. The fraction of sp³-hybridized carbons (Fsp3) is 0.500. The quantitative estimate of drug-likeness (QED) is 0.412. The second kappa shape index (κ2) is 4.91. The Bertz CT molecular complexity index is 166. The first-order valence-electron chi connectivity index (χ1n) is 3.36. The van der Waals surface area contributed by atoms with Crippen LogP contribution in [0.1, 0.15) is 20.3 Å². The zero-order valence-corrected chi connectivity index (χ0v) is 6.89. The summed E-state index contributed by atoms with van der Waals surface area (Å²) in [6.45, 7) is 7.68. The van der Waals surface area contributed by atoms with E-state index in [1.807, 2.05) is 13.8 Å². The Morgan fingerprint density at radius 1 is 1.60 bits per heavy atom. The van der Waals surface area contributed by atoms with Crippen LogP contribution in [0, 0.1) is 0 Å². The van der Waals surface area contributed by atoms with Gasteiger partial charge in [-0.25, -0.2) is 4.99 Å². The molecule has 56 valence electrons. The van der Waals surface area contributed by atoms with Gasteiger partial charge in [-0.1, -0.05) is 13.5 Å². The molecule has 0 aliphatic heterocycles. The monoisotopic (exact) mass is 138 g/mol. The van der Waals surface area contributed by atoms with E-state index in [1.54, 1.807) is 13.3 Å². The normalized spacial score (nSPS) is 12.5. The minimum absolute atomic E-state index is 0.787. The third kappa shape index (κ3) is 4.01. The maximum atomic E-state index is 4.04. The van der Waals surface area contributed by atoms with Crippen LogP contribution >= 0.6 is 0 Å². The van der Waals surface area contributed by atoms with Gasteiger partial charge in [0.1, 0.15) is 5.84 Å². The summed E-state index contributed by atoms with van der Waals surface area (Å²) >= 11 is 0. The van der Waals surface area contributed by atoms with Crippen LogP contribution in [0.5, 0.6) is 0 Å². The van der Waals surface area contributed by atoms with E-state index in [1.165, 1.54) is 0 Å². The van der Waals surface area contributed by atoms with Gasteiger partial charge in [0.15, 0.2) is 0 Å². The highest BCUT2D eigenvalue weighted by atomic mass is 14.9. The first-order chi connectivity index (χ1) is 4.70. The molecule has 0 amide bonds. The number of nitrogens with zero attached hydrogens (tertiary/aromatic N) is 2. The number of amidine groups is 1. The minimum Gasteiger partial charge on any atom is -0.274 e. The summed E-state index contributed by atoms with van der Waals surface area (Å²) in [5.41, 5.74) is 1.03. The van der Waals surface area contributed by atoms with E-state index in [2.05, 4.69) is 16.6 Å². The number of hydrogen-bond donors (Lipinski definition) is 0. The molecule has 0 atom stereocenters. The van der Waals surface area contributed by atoms with E-state index in [4.69, 9.17) is 0 Å². The molecule has 0 heterocycles. The maximum absolute atomic E-state index is 4.04. The Morgan fingerprint density at radius 2 is 2.20 bits per heavy atom. The fourth-order valence-electron chi connectivity index (χ4n) is 0.334. The van der Waals surface area contributed by atoms with Crippen molar-refractivity contribution in [2.24, 2.45) is 9.98 Å². The topological polar surface area (TPSA) is 24.7 Å². The molecule has 0 radical (unpaired) electrons. The third-order valence-electron chi connectivity index (χ3n) is 1.21. The molecular weight excluding hydrogens is 124 g/mol.